The number of carbonyl (C=O) groups excluding carboxylic acids is 1. The smallest absolute Gasteiger partial charge is 0.141 e. The summed E-state index contributed by atoms with van der Waals surface area (Å²) in [7, 11) is 1.97. The quantitative estimate of drug-likeness (QED) is 0.307. The van der Waals surface area contributed by atoms with Crippen LogP contribution < -0.4 is 4.90 Å². The number of hydrogen-bond donors (Lipinski definition) is 0. The first-order valence-electron chi connectivity index (χ1n) is 12.5. The molecule has 0 aliphatic carbocycles. The number of hydrogen-bond acceptors (Lipinski definition) is 6. The van der Waals surface area contributed by atoms with Gasteiger partial charge in [0.15, 0.2) is 0 Å². The van der Waals surface area contributed by atoms with Gasteiger partial charge in [-0.25, -0.2) is 9.37 Å². The molecule has 192 valence electrons. The van der Waals surface area contributed by atoms with Crippen LogP contribution in [0.2, 0.25) is 0 Å². The lowest BCUT2D eigenvalue weighted by Crippen LogP contribution is -2.34. The van der Waals surface area contributed by atoms with Crippen molar-refractivity contribution in [2.75, 3.05) is 31.6 Å². The Kier molecular flexibility index (Phi) is 8.80. The molecule has 37 heavy (non-hydrogen) atoms. The number of imidazole rings is 1. The Morgan fingerprint density at radius 3 is 2.68 bits per heavy atom. The number of aldehydes is 1. The Bertz CT molecular complexity index is 1330. The number of aryl methyl sites for hydroxylation is 1. The Morgan fingerprint density at radius 2 is 2.00 bits per heavy atom. The lowest BCUT2D eigenvalue weighted by Gasteiger charge is -2.31. The van der Waals surface area contributed by atoms with E-state index in [9.17, 15) is 14.4 Å². The molecule has 3 heterocycles. The molecule has 8 heteroatoms. The normalized spacial score (nSPS) is 15.0. The Hall–Kier alpha value is -3.41. The van der Waals surface area contributed by atoms with E-state index in [1.54, 1.807) is 12.1 Å². The highest BCUT2D eigenvalue weighted by Gasteiger charge is 2.23. The number of rotatable bonds is 10. The van der Waals surface area contributed by atoms with Gasteiger partial charge < -0.3 is 9.69 Å². The number of carbonyl (C=O) groups is 1. The number of aromatic nitrogens is 2. The van der Waals surface area contributed by atoms with Crippen LogP contribution in [0.3, 0.4) is 0 Å². The second-order valence-corrected chi connectivity index (χ2v) is 10.3. The molecule has 0 saturated carbocycles. The van der Waals surface area contributed by atoms with Crippen LogP contribution in [-0.2, 0) is 11.2 Å². The third-order valence-corrected chi connectivity index (χ3v) is 7.93. The van der Waals surface area contributed by atoms with Crippen LogP contribution >= 0.6 is 11.8 Å². The van der Waals surface area contributed by atoms with Crippen molar-refractivity contribution in [2.24, 2.45) is 0 Å². The minimum atomic E-state index is -0.253. The lowest BCUT2D eigenvalue weighted by atomic mass is 9.90. The summed E-state index contributed by atoms with van der Waals surface area (Å²) in [5.41, 5.74) is 4.93. The summed E-state index contributed by atoms with van der Waals surface area (Å²) in [6.45, 7) is 8.62. The van der Waals surface area contributed by atoms with E-state index < -0.39 is 0 Å². The van der Waals surface area contributed by atoms with E-state index >= 15 is 0 Å². The van der Waals surface area contributed by atoms with Crippen LogP contribution in [-0.4, -0.2) is 47.3 Å². The first-order valence-corrected chi connectivity index (χ1v) is 13.3. The average Bonchev–Trinajstić information content (AvgIpc) is 3.28. The molecule has 4 rings (SSSR count). The fourth-order valence-electron chi connectivity index (χ4n) is 4.72. The summed E-state index contributed by atoms with van der Waals surface area (Å²) in [5, 5.41) is 12.0. The number of likely N-dealkylation sites (tertiary alicyclic amines) is 1. The summed E-state index contributed by atoms with van der Waals surface area (Å²) in [6, 6.07) is 12.9. The molecular formula is C29H32FN5OS. The van der Waals surface area contributed by atoms with Crippen LogP contribution in [0, 0.1) is 17.1 Å². The third kappa shape index (κ3) is 6.30. The highest BCUT2D eigenvalue weighted by atomic mass is 32.2. The molecule has 2 aromatic heterocycles. The van der Waals surface area contributed by atoms with Gasteiger partial charge in [-0.05, 0) is 79.1 Å². The fourth-order valence-corrected chi connectivity index (χ4v) is 5.42. The molecular weight excluding hydrogens is 485 g/mol. The van der Waals surface area contributed by atoms with Gasteiger partial charge in [0.1, 0.15) is 23.6 Å². The standard InChI is InChI=1S/C29H32FN5OS/c1-21(23-6-9-26(30)10-7-23)20-37-22(2)33(3)29-27(5-4-14-31)32-28-11-8-25(19-35(28)29)24-12-15-34(16-13-24)17-18-36/h6-11,18-20,24H,2,4-5,12-13,15-17H2,1,3H3/b21-20+. The predicted molar refractivity (Wildman–Crippen MR) is 149 cm³/mol. The zero-order valence-electron chi connectivity index (χ0n) is 21.4. The number of piperidine rings is 1. The van der Waals surface area contributed by atoms with Crippen molar-refractivity contribution in [2.45, 2.75) is 38.5 Å². The monoisotopic (exact) mass is 517 g/mol. The van der Waals surface area contributed by atoms with Crippen molar-refractivity contribution < 1.29 is 9.18 Å². The van der Waals surface area contributed by atoms with E-state index in [1.807, 2.05) is 24.3 Å². The second-order valence-electron chi connectivity index (χ2n) is 9.35. The van der Waals surface area contributed by atoms with Gasteiger partial charge in [0, 0.05) is 26.1 Å². The van der Waals surface area contributed by atoms with E-state index in [1.165, 1.54) is 29.5 Å². The van der Waals surface area contributed by atoms with Gasteiger partial charge in [-0.2, -0.15) is 5.26 Å². The van der Waals surface area contributed by atoms with Crippen LogP contribution in [0.1, 0.15) is 48.9 Å². The SMILES string of the molecule is C=C(S/C=C(\C)c1ccc(F)cc1)N(C)c1c(CCC#N)nc2ccc(C3CCN(CC=O)CC3)cn12. The molecule has 6 nitrogen and oxygen atoms in total. The molecule has 3 aromatic rings. The molecule has 0 spiro atoms. The molecule has 0 amide bonds. The van der Waals surface area contributed by atoms with E-state index in [2.05, 4.69) is 40.3 Å². The van der Waals surface area contributed by atoms with Crippen LogP contribution in [0.5, 0.6) is 0 Å². The molecule has 1 aliphatic heterocycles. The van der Waals surface area contributed by atoms with Crippen molar-refractivity contribution >= 4 is 35.1 Å². The van der Waals surface area contributed by atoms with Crippen LogP contribution in [0.15, 0.2) is 59.6 Å². The van der Waals surface area contributed by atoms with Crippen molar-refractivity contribution in [3.8, 4) is 6.07 Å². The summed E-state index contributed by atoms with van der Waals surface area (Å²) < 4.78 is 15.4. The Morgan fingerprint density at radius 1 is 1.27 bits per heavy atom. The summed E-state index contributed by atoms with van der Waals surface area (Å²) in [4.78, 5) is 19.9. The maximum absolute atomic E-state index is 13.3. The molecule has 0 radical (unpaired) electrons. The first-order chi connectivity index (χ1) is 17.9. The Balaban J connectivity index is 1.59. The molecule has 1 fully saturated rings. The number of benzene rings is 1. The van der Waals surface area contributed by atoms with E-state index in [0.29, 0.717) is 25.3 Å². The average molecular weight is 518 g/mol. The first kappa shape index (κ1) is 26.6. The number of thioether (sulfide) groups is 1. The van der Waals surface area contributed by atoms with Crippen molar-refractivity contribution in [3.05, 3.63) is 82.2 Å². The zero-order chi connectivity index (χ0) is 26.4. The van der Waals surface area contributed by atoms with Gasteiger partial charge in [0.05, 0.1) is 23.3 Å². The zero-order valence-corrected chi connectivity index (χ0v) is 22.2. The van der Waals surface area contributed by atoms with Gasteiger partial charge in [-0.3, -0.25) is 9.30 Å². The molecule has 1 aliphatic rings. The summed E-state index contributed by atoms with van der Waals surface area (Å²) in [6.07, 6.45) is 6.11. The minimum Gasteiger partial charge on any atom is -0.324 e. The maximum atomic E-state index is 13.3. The van der Waals surface area contributed by atoms with Crippen molar-refractivity contribution in [1.29, 1.82) is 5.26 Å². The van der Waals surface area contributed by atoms with Gasteiger partial charge in [0.2, 0.25) is 0 Å². The van der Waals surface area contributed by atoms with Gasteiger partial charge in [0.25, 0.3) is 0 Å². The topological polar surface area (TPSA) is 64.6 Å². The molecule has 0 atom stereocenters. The van der Waals surface area contributed by atoms with Crippen molar-refractivity contribution in [3.63, 3.8) is 0 Å². The summed E-state index contributed by atoms with van der Waals surface area (Å²) >= 11 is 1.50. The van der Waals surface area contributed by atoms with E-state index in [0.717, 1.165) is 65.5 Å². The molecule has 0 unspecified atom stereocenters. The predicted octanol–water partition coefficient (Wildman–Crippen LogP) is 6.01. The van der Waals surface area contributed by atoms with Crippen LogP contribution in [0.25, 0.3) is 11.2 Å². The maximum Gasteiger partial charge on any atom is 0.141 e. The lowest BCUT2D eigenvalue weighted by molar-refractivity contribution is -0.109. The molecule has 0 bridgehead atoms. The molecule has 1 aromatic carbocycles. The van der Waals surface area contributed by atoms with Gasteiger partial charge in [-0.1, -0.05) is 36.5 Å². The number of fused-ring (bicyclic) bond motifs is 1. The van der Waals surface area contributed by atoms with E-state index in [-0.39, 0.29) is 5.82 Å². The van der Waals surface area contributed by atoms with Gasteiger partial charge in [-0.15, -0.1) is 0 Å². The molecule has 0 N–H and O–H groups in total. The third-order valence-electron chi connectivity index (χ3n) is 6.91. The van der Waals surface area contributed by atoms with Crippen molar-refractivity contribution in [1.82, 2.24) is 14.3 Å². The number of nitrogens with zero attached hydrogens (tertiary/aromatic N) is 5. The summed E-state index contributed by atoms with van der Waals surface area (Å²) in [5.74, 6) is 1.09. The second kappa shape index (κ2) is 12.2. The molecule has 1 saturated heterocycles. The fraction of sp³-hybridized carbons (Fsp3) is 0.345. The Labute approximate surface area is 222 Å². The number of nitriles is 1. The number of pyridine rings is 1. The van der Waals surface area contributed by atoms with Crippen LogP contribution in [0.4, 0.5) is 10.2 Å². The van der Waals surface area contributed by atoms with E-state index in [4.69, 9.17) is 4.98 Å². The van der Waals surface area contributed by atoms with Gasteiger partial charge >= 0.3 is 0 Å². The minimum absolute atomic E-state index is 0.253. The largest absolute Gasteiger partial charge is 0.324 e. The highest BCUT2D eigenvalue weighted by molar-refractivity contribution is 8.06. The highest BCUT2D eigenvalue weighted by Crippen LogP contribution is 2.34. The number of anilines is 1. The number of halogens is 1. The number of allylic oxidation sites excluding steroid dienone is 1.